The summed E-state index contributed by atoms with van der Waals surface area (Å²) in [5.41, 5.74) is 4.06. The molecule has 118 valence electrons. The van der Waals surface area contributed by atoms with Gasteiger partial charge in [-0.3, -0.25) is 9.69 Å². The number of pyridine rings is 1. The van der Waals surface area contributed by atoms with Gasteiger partial charge in [0.05, 0.1) is 17.7 Å². The Balaban J connectivity index is 1.99. The number of para-hydroxylation sites is 1. The SMILES string of the molecule is Cc1[nH]c2c(C)cccc2c(=O)c1CN1C[C@H](C)O[C@@H](C)C1. The van der Waals surface area contributed by atoms with Crippen LogP contribution in [0.2, 0.25) is 0 Å². The Morgan fingerprint density at radius 3 is 2.59 bits per heavy atom. The van der Waals surface area contributed by atoms with Gasteiger partial charge in [0, 0.05) is 36.3 Å². The average molecular weight is 300 g/mol. The highest BCUT2D eigenvalue weighted by molar-refractivity contribution is 5.82. The molecule has 1 aromatic heterocycles. The minimum atomic E-state index is 0.154. The summed E-state index contributed by atoms with van der Waals surface area (Å²) in [4.78, 5) is 18.6. The predicted molar refractivity (Wildman–Crippen MR) is 89.3 cm³/mol. The van der Waals surface area contributed by atoms with E-state index in [2.05, 4.69) is 23.7 Å². The number of hydrogen-bond donors (Lipinski definition) is 1. The molecule has 2 heterocycles. The van der Waals surface area contributed by atoms with E-state index in [4.69, 9.17) is 4.74 Å². The normalized spacial score (nSPS) is 23.1. The van der Waals surface area contributed by atoms with E-state index in [1.165, 1.54) is 0 Å². The highest BCUT2D eigenvalue weighted by atomic mass is 16.5. The molecular formula is C18H24N2O2. The van der Waals surface area contributed by atoms with Gasteiger partial charge in [-0.2, -0.15) is 0 Å². The maximum Gasteiger partial charge on any atom is 0.194 e. The first-order valence-corrected chi connectivity index (χ1v) is 7.94. The van der Waals surface area contributed by atoms with Crippen LogP contribution in [0, 0.1) is 13.8 Å². The van der Waals surface area contributed by atoms with Gasteiger partial charge in [-0.25, -0.2) is 0 Å². The molecule has 0 unspecified atom stereocenters. The molecule has 0 bridgehead atoms. The molecule has 22 heavy (non-hydrogen) atoms. The van der Waals surface area contributed by atoms with Crippen LogP contribution in [0.5, 0.6) is 0 Å². The Bertz CT molecular complexity index is 741. The lowest BCUT2D eigenvalue weighted by Gasteiger charge is -2.35. The van der Waals surface area contributed by atoms with Crippen molar-refractivity contribution in [2.45, 2.75) is 46.4 Å². The molecule has 2 aromatic rings. The molecule has 1 aromatic carbocycles. The number of H-pyrrole nitrogens is 1. The van der Waals surface area contributed by atoms with E-state index in [9.17, 15) is 4.79 Å². The molecule has 0 aliphatic carbocycles. The molecule has 1 aliphatic rings. The third kappa shape index (κ3) is 2.81. The zero-order chi connectivity index (χ0) is 15.9. The van der Waals surface area contributed by atoms with Gasteiger partial charge in [0.15, 0.2) is 5.43 Å². The highest BCUT2D eigenvalue weighted by Gasteiger charge is 2.23. The van der Waals surface area contributed by atoms with Gasteiger partial charge in [0.1, 0.15) is 0 Å². The number of aromatic nitrogens is 1. The van der Waals surface area contributed by atoms with Crippen LogP contribution in [0.25, 0.3) is 10.9 Å². The van der Waals surface area contributed by atoms with Gasteiger partial charge >= 0.3 is 0 Å². The van der Waals surface area contributed by atoms with Crippen LogP contribution in [0.4, 0.5) is 0 Å². The Labute approximate surface area is 131 Å². The predicted octanol–water partition coefficient (Wildman–Crippen LogP) is 2.75. The molecule has 2 atom stereocenters. The van der Waals surface area contributed by atoms with E-state index in [1.54, 1.807) is 0 Å². The lowest BCUT2D eigenvalue weighted by Crippen LogP contribution is -2.45. The van der Waals surface area contributed by atoms with Crippen LogP contribution in [-0.4, -0.2) is 35.2 Å². The van der Waals surface area contributed by atoms with Crippen molar-refractivity contribution < 1.29 is 4.74 Å². The number of benzene rings is 1. The monoisotopic (exact) mass is 300 g/mol. The summed E-state index contributed by atoms with van der Waals surface area (Å²) < 4.78 is 5.77. The first-order valence-electron chi connectivity index (χ1n) is 7.94. The standard InChI is InChI=1S/C18H24N2O2/c1-11-6-5-7-15-17(11)19-14(4)16(18(15)21)10-20-8-12(2)22-13(3)9-20/h5-7,12-13H,8-10H2,1-4H3,(H,19,21)/t12-,13-/m0/s1. The second-order valence-corrected chi connectivity index (χ2v) is 6.51. The number of aryl methyl sites for hydroxylation is 2. The van der Waals surface area contributed by atoms with Gasteiger partial charge in [-0.15, -0.1) is 0 Å². The highest BCUT2D eigenvalue weighted by Crippen LogP contribution is 2.18. The lowest BCUT2D eigenvalue weighted by atomic mass is 10.0. The van der Waals surface area contributed by atoms with Gasteiger partial charge in [0.25, 0.3) is 0 Å². The molecule has 1 saturated heterocycles. The van der Waals surface area contributed by atoms with Crippen molar-refractivity contribution in [3.63, 3.8) is 0 Å². The van der Waals surface area contributed by atoms with Crippen molar-refractivity contribution in [2.24, 2.45) is 0 Å². The average Bonchev–Trinajstić information content (AvgIpc) is 2.44. The van der Waals surface area contributed by atoms with Gasteiger partial charge < -0.3 is 9.72 Å². The van der Waals surface area contributed by atoms with E-state index in [0.717, 1.165) is 40.8 Å². The summed E-state index contributed by atoms with van der Waals surface area (Å²) in [5.74, 6) is 0. The van der Waals surface area contributed by atoms with Crippen LogP contribution in [0.1, 0.15) is 30.7 Å². The zero-order valence-corrected chi connectivity index (χ0v) is 13.8. The van der Waals surface area contributed by atoms with Crippen LogP contribution < -0.4 is 5.43 Å². The summed E-state index contributed by atoms with van der Waals surface area (Å²) in [5, 5.41) is 0.787. The number of ether oxygens (including phenoxy) is 1. The van der Waals surface area contributed by atoms with Crippen LogP contribution >= 0.6 is 0 Å². The molecule has 1 aliphatic heterocycles. The fourth-order valence-electron chi connectivity index (χ4n) is 3.45. The van der Waals surface area contributed by atoms with Crippen molar-refractivity contribution in [1.82, 2.24) is 9.88 Å². The number of aromatic amines is 1. The molecular weight excluding hydrogens is 276 g/mol. The Kier molecular flexibility index (Phi) is 4.06. The first kappa shape index (κ1) is 15.3. The molecule has 1 fully saturated rings. The number of fused-ring (bicyclic) bond motifs is 1. The maximum absolute atomic E-state index is 12.9. The number of rotatable bonds is 2. The number of nitrogens with one attached hydrogen (secondary N) is 1. The fourth-order valence-corrected chi connectivity index (χ4v) is 3.45. The number of hydrogen-bond acceptors (Lipinski definition) is 3. The number of morpholine rings is 1. The molecule has 1 N–H and O–H groups in total. The van der Waals surface area contributed by atoms with Crippen LogP contribution in [0.3, 0.4) is 0 Å². The lowest BCUT2D eigenvalue weighted by molar-refractivity contribution is -0.0706. The van der Waals surface area contributed by atoms with Crippen molar-refractivity contribution >= 4 is 10.9 Å². The molecule has 0 radical (unpaired) electrons. The molecule has 0 amide bonds. The van der Waals surface area contributed by atoms with E-state index >= 15 is 0 Å². The van der Waals surface area contributed by atoms with Gasteiger partial charge in [-0.05, 0) is 39.3 Å². The van der Waals surface area contributed by atoms with Crippen LogP contribution in [0.15, 0.2) is 23.0 Å². The Morgan fingerprint density at radius 2 is 1.91 bits per heavy atom. The third-order valence-corrected chi connectivity index (χ3v) is 4.43. The summed E-state index contributed by atoms with van der Waals surface area (Å²) in [6.45, 7) is 10.6. The van der Waals surface area contributed by atoms with Crippen molar-refractivity contribution in [1.29, 1.82) is 0 Å². The van der Waals surface area contributed by atoms with Crippen molar-refractivity contribution in [3.8, 4) is 0 Å². The minimum absolute atomic E-state index is 0.154. The molecule has 4 heteroatoms. The second kappa shape index (κ2) is 5.86. The summed E-state index contributed by atoms with van der Waals surface area (Å²) in [6.07, 6.45) is 0.427. The zero-order valence-electron chi connectivity index (χ0n) is 13.8. The molecule has 0 spiro atoms. The summed E-state index contributed by atoms with van der Waals surface area (Å²) in [7, 11) is 0. The van der Waals surface area contributed by atoms with Crippen LogP contribution in [-0.2, 0) is 11.3 Å². The van der Waals surface area contributed by atoms with Crippen molar-refractivity contribution in [3.05, 3.63) is 45.2 Å². The largest absolute Gasteiger partial charge is 0.373 e. The van der Waals surface area contributed by atoms with Gasteiger partial charge in [0.2, 0.25) is 0 Å². The quantitative estimate of drug-likeness (QED) is 0.927. The second-order valence-electron chi connectivity index (χ2n) is 6.51. The van der Waals surface area contributed by atoms with E-state index in [1.807, 2.05) is 32.0 Å². The van der Waals surface area contributed by atoms with Gasteiger partial charge in [-0.1, -0.05) is 12.1 Å². The Morgan fingerprint density at radius 1 is 1.23 bits per heavy atom. The Hall–Kier alpha value is -1.65. The molecule has 3 rings (SSSR count). The van der Waals surface area contributed by atoms with E-state index in [-0.39, 0.29) is 17.6 Å². The minimum Gasteiger partial charge on any atom is -0.373 e. The molecule has 4 nitrogen and oxygen atoms in total. The molecule has 0 saturated carbocycles. The smallest absolute Gasteiger partial charge is 0.194 e. The topological polar surface area (TPSA) is 45.3 Å². The third-order valence-electron chi connectivity index (χ3n) is 4.43. The summed E-state index contributed by atoms with van der Waals surface area (Å²) in [6, 6.07) is 5.89. The fraction of sp³-hybridized carbons (Fsp3) is 0.500. The van der Waals surface area contributed by atoms with E-state index in [0.29, 0.717) is 6.54 Å². The van der Waals surface area contributed by atoms with Crippen molar-refractivity contribution in [2.75, 3.05) is 13.1 Å². The first-order chi connectivity index (χ1) is 10.5. The number of nitrogens with zero attached hydrogens (tertiary/aromatic N) is 1. The van der Waals surface area contributed by atoms with E-state index < -0.39 is 0 Å². The maximum atomic E-state index is 12.9. The summed E-state index contributed by atoms with van der Waals surface area (Å²) >= 11 is 0.